The fraction of sp³-hybridized carbons (Fsp3) is 0.333. The first-order valence-corrected chi connectivity index (χ1v) is 12.1. The van der Waals surface area contributed by atoms with Crippen LogP contribution in [0.25, 0.3) is 0 Å². The van der Waals surface area contributed by atoms with E-state index in [0.717, 1.165) is 0 Å². The zero-order valence-electron chi connectivity index (χ0n) is 20.1. The highest BCUT2D eigenvalue weighted by Gasteiger charge is 2.66. The van der Waals surface area contributed by atoms with Gasteiger partial charge in [0.1, 0.15) is 5.75 Å². The molecule has 196 valence electrons. The zero-order valence-corrected chi connectivity index (χ0v) is 20.1. The van der Waals surface area contributed by atoms with E-state index >= 15 is 0 Å². The number of nitrogen functional groups attached to an aromatic ring is 1. The second kappa shape index (κ2) is 8.88. The lowest BCUT2D eigenvalue weighted by molar-refractivity contribution is -0.175. The zero-order chi connectivity index (χ0) is 27.5. The van der Waals surface area contributed by atoms with Crippen molar-refractivity contribution in [1.29, 1.82) is 0 Å². The van der Waals surface area contributed by atoms with Gasteiger partial charge in [0.05, 0.1) is 11.5 Å². The average Bonchev–Trinajstić information content (AvgIpc) is 2.85. The number of ketones is 4. The van der Waals surface area contributed by atoms with Crippen molar-refractivity contribution in [2.45, 2.75) is 31.4 Å². The summed E-state index contributed by atoms with van der Waals surface area (Å²) in [5, 5.41) is 24.5. The second-order valence-electron chi connectivity index (χ2n) is 10.1. The summed E-state index contributed by atoms with van der Waals surface area (Å²) in [6.07, 6.45) is -0.287. The number of carbonyl (C=O) groups is 6. The minimum atomic E-state index is -2.69. The van der Waals surface area contributed by atoms with Crippen molar-refractivity contribution < 1.29 is 39.0 Å². The van der Waals surface area contributed by atoms with Gasteiger partial charge >= 0.3 is 0 Å². The molecule has 0 heterocycles. The van der Waals surface area contributed by atoms with Crippen molar-refractivity contribution >= 4 is 40.6 Å². The van der Waals surface area contributed by atoms with Crippen LogP contribution in [0.1, 0.15) is 44.7 Å². The van der Waals surface area contributed by atoms with Crippen molar-refractivity contribution in [2.75, 3.05) is 5.73 Å². The molecule has 7 N–H and O–H groups in total. The lowest BCUT2D eigenvalue weighted by Crippen LogP contribution is -2.68. The minimum Gasteiger partial charge on any atom is -0.507 e. The highest BCUT2D eigenvalue weighted by Crippen LogP contribution is 2.50. The van der Waals surface area contributed by atoms with E-state index in [1.165, 1.54) is 12.1 Å². The van der Waals surface area contributed by atoms with Crippen molar-refractivity contribution in [3.05, 3.63) is 58.7 Å². The summed E-state index contributed by atoms with van der Waals surface area (Å²) in [6.45, 7) is 0.0134. The Balaban J connectivity index is 1.47. The van der Waals surface area contributed by atoms with Gasteiger partial charge in [-0.15, -0.1) is 0 Å². The molecule has 0 radical (unpaired) electrons. The summed E-state index contributed by atoms with van der Waals surface area (Å²) >= 11 is 0. The van der Waals surface area contributed by atoms with E-state index in [-0.39, 0.29) is 30.7 Å². The summed E-state index contributed by atoms with van der Waals surface area (Å²) in [6, 6.07) is 9.23. The molecule has 38 heavy (non-hydrogen) atoms. The number of hydrogen-bond donors (Lipinski definition) is 5. The molecule has 5 atom stereocenters. The first-order valence-electron chi connectivity index (χ1n) is 12.1. The summed E-state index contributed by atoms with van der Waals surface area (Å²) in [4.78, 5) is 76.9. The van der Waals surface area contributed by atoms with Gasteiger partial charge < -0.3 is 27.0 Å². The predicted molar refractivity (Wildman–Crippen MR) is 131 cm³/mol. The number of rotatable bonds is 4. The molecule has 5 rings (SSSR count). The van der Waals surface area contributed by atoms with E-state index in [1.54, 1.807) is 24.3 Å². The van der Waals surface area contributed by atoms with Gasteiger partial charge in [0, 0.05) is 30.1 Å². The summed E-state index contributed by atoms with van der Waals surface area (Å²) in [5.41, 5.74) is 9.85. The Morgan fingerprint density at radius 1 is 1.05 bits per heavy atom. The molecule has 2 aromatic carbocycles. The van der Waals surface area contributed by atoms with Crippen molar-refractivity contribution in [1.82, 2.24) is 5.32 Å². The van der Waals surface area contributed by atoms with E-state index in [0.29, 0.717) is 22.4 Å². The third kappa shape index (κ3) is 3.69. The fourth-order valence-electron chi connectivity index (χ4n) is 6.15. The summed E-state index contributed by atoms with van der Waals surface area (Å²) in [7, 11) is 0. The lowest BCUT2D eigenvalue weighted by Gasteiger charge is -2.48. The number of fused-ring (bicyclic) bond motifs is 3. The first kappa shape index (κ1) is 25.3. The maximum absolute atomic E-state index is 13.6. The summed E-state index contributed by atoms with van der Waals surface area (Å²) < 4.78 is 0. The standard InChI is InChI=1S/C27H25N3O8/c28-15-3-1-2-11(7-15)26(37)30-10-12-4-5-17(31)20-16(12)8-13-6-14-9-18(32)21(25(29)36)24(35)27(14,38)23(34)19(13)22(20)33/h1-5,7,13-14,19,21,31,38H,6,8-10,28H2,(H2,29,36)(H,30,37)/t13-,14+,19?,21?,27+/m1/s1. The number of nitrogens with one attached hydrogen (secondary N) is 1. The highest BCUT2D eigenvalue weighted by molar-refractivity contribution is 6.31. The number of benzene rings is 2. The monoisotopic (exact) mass is 519 g/mol. The number of aromatic hydroxyl groups is 1. The van der Waals surface area contributed by atoms with Gasteiger partial charge in [0.2, 0.25) is 5.91 Å². The van der Waals surface area contributed by atoms with E-state index in [2.05, 4.69) is 5.32 Å². The van der Waals surface area contributed by atoms with Crippen LogP contribution in [-0.2, 0) is 32.1 Å². The lowest BCUT2D eigenvalue weighted by atomic mass is 9.53. The third-order valence-corrected chi connectivity index (χ3v) is 7.97. The maximum Gasteiger partial charge on any atom is 0.251 e. The van der Waals surface area contributed by atoms with Gasteiger partial charge in [-0.25, -0.2) is 0 Å². The van der Waals surface area contributed by atoms with Gasteiger partial charge in [0.15, 0.2) is 34.7 Å². The summed E-state index contributed by atoms with van der Waals surface area (Å²) in [5.74, 6) is -11.1. The van der Waals surface area contributed by atoms with Crippen LogP contribution in [0, 0.1) is 23.7 Å². The Morgan fingerprint density at radius 3 is 2.47 bits per heavy atom. The van der Waals surface area contributed by atoms with Crippen LogP contribution in [0.3, 0.4) is 0 Å². The predicted octanol–water partition coefficient (Wildman–Crippen LogP) is -0.161. The maximum atomic E-state index is 13.6. The molecule has 0 spiro atoms. The van der Waals surface area contributed by atoms with Crippen LogP contribution in [0.15, 0.2) is 36.4 Å². The van der Waals surface area contributed by atoms with E-state index in [9.17, 15) is 39.0 Å². The van der Waals surface area contributed by atoms with E-state index in [1.807, 2.05) is 0 Å². The van der Waals surface area contributed by atoms with Gasteiger partial charge in [0.25, 0.3) is 5.91 Å². The van der Waals surface area contributed by atoms with Crippen LogP contribution in [0.5, 0.6) is 5.75 Å². The smallest absolute Gasteiger partial charge is 0.251 e. The highest BCUT2D eigenvalue weighted by atomic mass is 16.3. The molecule has 2 fully saturated rings. The molecule has 2 amide bonds. The molecule has 0 bridgehead atoms. The van der Waals surface area contributed by atoms with Crippen LogP contribution < -0.4 is 16.8 Å². The van der Waals surface area contributed by atoms with Gasteiger partial charge in [-0.2, -0.15) is 0 Å². The minimum absolute atomic E-state index is 0.00814. The Morgan fingerprint density at radius 2 is 1.79 bits per heavy atom. The van der Waals surface area contributed by atoms with Crippen molar-refractivity contribution in [3.63, 3.8) is 0 Å². The molecule has 3 aliphatic rings. The molecule has 2 aromatic rings. The molecule has 3 aliphatic carbocycles. The Kier molecular flexibility index (Phi) is 5.90. The number of phenols is 1. The number of carbonyl (C=O) groups excluding carboxylic acids is 6. The Labute approximate surface area is 216 Å². The number of phenolic OH excluding ortho intramolecular Hbond substituents is 1. The fourth-order valence-corrected chi connectivity index (χ4v) is 6.15. The third-order valence-electron chi connectivity index (χ3n) is 7.97. The van der Waals surface area contributed by atoms with Crippen molar-refractivity contribution in [3.8, 4) is 5.75 Å². The average molecular weight is 520 g/mol. The Bertz CT molecular complexity index is 1450. The van der Waals surface area contributed by atoms with Gasteiger partial charge in [-0.3, -0.25) is 28.8 Å². The Hall–Kier alpha value is -4.38. The number of nitrogens with two attached hydrogens (primary N) is 2. The molecule has 0 aromatic heterocycles. The van der Waals surface area contributed by atoms with Crippen LogP contribution in [0.2, 0.25) is 0 Å². The molecule has 11 heteroatoms. The molecular formula is C27H25N3O8. The first-order chi connectivity index (χ1) is 17.9. The normalized spacial score (nSPS) is 28.2. The number of Topliss-reactive ketones (excluding diaryl/α,β-unsaturated/α-hetero) is 4. The number of hydrogen-bond acceptors (Lipinski definition) is 9. The van der Waals surface area contributed by atoms with E-state index < -0.39 is 70.6 Å². The van der Waals surface area contributed by atoms with Gasteiger partial charge in [-0.1, -0.05) is 12.1 Å². The number of aliphatic hydroxyl groups is 1. The number of anilines is 1. The van der Waals surface area contributed by atoms with Crippen LogP contribution in [-0.4, -0.2) is 50.8 Å². The molecule has 0 aliphatic heterocycles. The SMILES string of the molecule is NC(=O)C1C(=O)C[C@@H]2C[C@@H]3Cc4c(CNC(=O)c5cccc(N)c5)ccc(O)c4C(=O)C3C(=O)[C@]2(O)C1=O. The molecule has 11 nitrogen and oxygen atoms in total. The molecule has 2 saturated carbocycles. The van der Waals surface area contributed by atoms with Crippen LogP contribution >= 0.6 is 0 Å². The number of primary amides is 1. The molecule has 2 unspecified atom stereocenters. The van der Waals surface area contributed by atoms with Crippen molar-refractivity contribution in [2.24, 2.45) is 29.4 Å². The van der Waals surface area contributed by atoms with Gasteiger partial charge in [-0.05, 0) is 54.2 Å². The largest absolute Gasteiger partial charge is 0.507 e. The molecular weight excluding hydrogens is 494 g/mol. The second-order valence-corrected chi connectivity index (χ2v) is 10.1. The quantitative estimate of drug-likeness (QED) is 0.268. The van der Waals surface area contributed by atoms with Crippen LogP contribution in [0.4, 0.5) is 5.69 Å². The van der Waals surface area contributed by atoms with E-state index in [4.69, 9.17) is 11.5 Å². The number of amides is 2. The molecule has 0 saturated heterocycles. The topological polar surface area (TPSA) is 207 Å².